The predicted octanol–water partition coefficient (Wildman–Crippen LogP) is 2.90. The summed E-state index contributed by atoms with van der Waals surface area (Å²) in [5, 5.41) is 2.47. The second-order valence-corrected chi connectivity index (χ2v) is 6.42. The van der Waals surface area contributed by atoms with Gasteiger partial charge in [-0.05, 0) is 23.9 Å². The first kappa shape index (κ1) is 16.4. The van der Waals surface area contributed by atoms with E-state index in [1.54, 1.807) is 11.0 Å². The lowest BCUT2D eigenvalue weighted by atomic mass is 10.2. The summed E-state index contributed by atoms with van der Waals surface area (Å²) in [4.78, 5) is 31.6. The van der Waals surface area contributed by atoms with E-state index in [-0.39, 0.29) is 17.9 Å². The molecule has 2 aromatic heterocycles. The lowest BCUT2D eigenvalue weighted by Gasteiger charge is -2.21. The summed E-state index contributed by atoms with van der Waals surface area (Å²) >= 11 is 1.44. The molecular weight excluding hydrogens is 322 g/mol. The van der Waals surface area contributed by atoms with Gasteiger partial charge in [-0.2, -0.15) is 0 Å². The number of aromatic nitrogens is 2. The van der Waals surface area contributed by atoms with Gasteiger partial charge in [0.25, 0.3) is 5.56 Å². The summed E-state index contributed by atoms with van der Waals surface area (Å²) in [5.74, 6) is 0.0404. The largest absolute Gasteiger partial charge is 0.339 e. The van der Waals surface area contributed by atoms with Gasteiger partial charge in [-0.3, -0.25) is 14.2 Å². The number of hydrogen-bond acceptors (Lipinski definition) is 4. The minimum atomic E-state index is -0.0832. The van der Waals surface area contributed by atoms with Crippen LogP contribution in [0, 0.1) is 0 Å². The van der Waals surface area contributed by atoms with Crippen LogP contribution in [0.1, 0.15) is 18.9 Å². The molecule has 1 amide bonds. The number of thiophene rings is 1. The highest BCUT2D eigenvalue weighted by Gasteiger charge is 2.13. The predicted molar refractivity (Wildman–Crippen MR) is 96.0 cm³/mol. The zero-order valence-electron chi connectivity index (χ0n) is 13.5. The Morgan fingerprint density at radius 1 is 1.25 bits per heavy atom. The third-order valence-electron chi connectivity index (χ3n) is 3.97. The number of fused-ring (bicyclic) bond motifs is 1. The van der Waals surface area contributed by atoms with Crippen LogP contribution in [0.5, 0.6) is 0 Å². The Hall–Kier alpha value is -2.47. The molecule has 0 spiro atoms. The van der Waals surface area contributed by atoms with Crippen LogP contribution in [-0.4, -0.2) is 26.9 Å². The highest BCUT2D eigenvalue weighted by Crippen LogP contribution is 2.13. The molecule has 0 saturated heterocycles. The normalized spacial score (nSPS) is 10.9. The molecule has 0 unspecified atom stereocenters. The second kappa shape index (κ2) is 7.40. The van der Waals surface area contributed by atoms with Crippen molar-refractivity contribution in [1.29, 1.82) is 0 Å². The second-order valence-electron chi connectivity index (χ2n) is 5.53. The summed E-state index contributed by atoms with van der Waals surface area (Å²) < 4.78 is 1.52. The van der Waals surface area contributed by atoms with Gasteiger partial charge >= 0.3 is 0 Å². The van der Waals surface area contributed by atoms with Gasteiger partial charge in [-0.15, -0.1) is 11.3 Å². The van der Waals surface area contributed by atoms with Crippen LogP contribution in [0.2, 0.25) is 0 Å². The fraction of sp³-hybridized carbons (Fsp3) is 0.278. The van der Waals surface area contributed by atoms with Gasteiger partial charge in [0, 0.05) is 26.1 Å². The minimum absolute atomic E-state index is 0.0404. The molecule has 3 aromatic rings. The molecule has 0 aliphatic carbocycles. The number of hydrogen-bond donors (Lipinski definition) is 0. The molecule has 6 heteroatoms. The number of amides is 1. The highest BCUT2D eigenvalue weighted by molar-refractivity contribution is 7.16. The van der Waals surface area contributed by atoms with Crippen LogP contribution in [0.15, 0.2) is 52.9 Å². The number of rotatable bonds is 6. The third-order valence-corrected chi connectivity index (χ3v) is 4.79. The van der Waals surface area contributed by atoms with Gasteiger partial charge in [-0.1, -0.05) is 30.3 Å². The number of benzene rings is 1. The first-order valence-corrected chi connectivity index (χ1v) is 8.81. The average molecular weight is 341 g/mol. The molecule has 0 bridgehead atoms. The lowest BCUT2D eigenvalue weighted by molar-refractivity contribution is -0.131. The van der Waals surface area contributed by atoms with Gasteiger partial charge in [0.2, 0.25) is 5.91 Å². The van der Waals surface area contributed by atoms with Crippen molar-refractivity contribution in [3.05, 3.63) is 64.0 Å². The van der Waals surface area contributed by atoms with Crippen molar-refractivity contribution < 1.29 is 4.79 Å². The van der Waals surface area contributed by atoms with Crippen LogP contribution >= 0.6 is 11.3 Å². The Kier molecular flexibility index (Phi) is 5.05. The maximum absolute atomic E-state index is 12.5. The molecule has 0 aliphatic heterocycles. The maximum atomic E-state index is 12.5. The molecule has 24 heavy (non-hydrogen) atoms. The molecule has 0 N–H and O–H groups in total. The molecule has 2 heterocycles. The molecule has 0 radical (unpaired) electrons. The molecule has 5 nitrogen and oxygen atoms in total. The van der Waals surface area contributed by atoms with E-state index in [1.165, 1.54) is 22.2 Å². The van der Waals surface area contributed by atoms with Crippen LogP contribution in [0.4, 0.5) is 0 Å². The zero-order chi connectivity index (χ0) is 16.9. The third kappa shape index (κ3) is 3.54. The van der Waals surface area contributed by atoms with Gasteiger partial charge in [0.05, 0.1) is 11.7 Å². The molecule has 3 rings (SSSR count). The van der Waals surface area contributed by atoms with Crippen molar-refractivity contribution in [2.24, 2.45) is 0 Å². The molecular formula is C18H19N3O2S. The van der Waals surface area contributed by atoms with Crippen molar-refractivity contribution in [2.45, 2.75) is 26.4 Å². The first-order valence-electron chi connectivity index (χ1n) is 7.93. The summed E-state index contributed by atoms with van der Waals surface area (Å²) in [6, 6.07) is 11.7. The SMILES string of the molecule is CCN(Cc1ccccc1)C(=O)CCn1cnc2sccc2c1=O. The van der Waals surface area contributed by atoms with Gasteiger partial charge < -0.3 is 4.90 Å². The molecule has 0 atom stereocenters. The van der Waals surface area contributed by atoms with Crippen LogP contribution < -0.4 is 5.56 Å². The topological polar surface area (TPSA) is 55.2 Å². The van der Waals surface area contributed by atoms with Crippen molar-refractivity contribution in [3.8, 4) is 0 Å². The van der Waals surface area contributed by atoms with E-state index in [9.17, 15) is 9.59 Å². The number of aryl methyl sites for hydroxylation is 1. The fourth-order valence-electron chi connectivity index (χ4n) is 2.61. The molecule has 1 aromatic carbocycles. The smallest absolute Gasteiger partial charge is 0.262 e. The minimum Gasteiger partial charge on any atom is -0.339 e. The van der Waals surface area contributed by atoms with E-state index >= 15 is 0 Å². The standard InChI is InChI=1S/C18H19N3O2S/c1-2-20(12-14-6-4-3-5-7-14)16(22)8-10-21-13-19-17-15(18(21)23)9-11-24-17/h3-7,9,11,13H,2,8,10,12H2,1H3. The number of carbonyl (C=O) groups excluding carboxylic acids is 1. The number of carbonyl (C=O) groups is 1. The van der Waals surface area contributed by atoms with Gasteiger partial charge in [0.15, 0.2) is 0 Å². The van der Waals surface area contributed by atoms with Crippen molar-refractivity contribution >= 4 is 27.5 Å². The zero-order valence-corrected chi connectivity index (χ0v) is 14.3. The summed E-state index contributed by atoms with van der Waals surface area (Å²) in [7, 11) is 0. The van der Waals surface area contributed by atoms with Gasteiger partial charge in [0.1, 0.15) is 4.83 Å². The van der Waals surface area contributed by atoms with E-state index < -0.39 is 0 Å². The molecule has 124 valence electrons. The Balaban J connectivity index is 1.66. The number of nitrogens with zero attached hydrogens (tertiary/aromatic N) is 3. The summed E-state index contributed by atoms with van der Waals surface area (Å²) in [6.45, 7) is 3.55. The van der Waals surface area contributed by atoms with Crippen molar-refractivity contribution in [1.82, 2.24) is 14.5 Å². The lowest BCUT2D eigenvalue weighted by Crippen LogP contribution is -2.32. The first-order chi connectivity index (χ1) is 11.7. The average Bonchev–Trinajstić information content (AvgIpc) is 3.09. The Morgan fingerprint density at radius 2 is 2.04 bits per heavy atom. The van der Waals surface area contributed by atoms with E-state index in [0.717, 1.165) is 10.4 Å². The Labute approximate surface area is 144 Å². The molecule has 0 fully saturated rings. The van der Waals surface area contributed by atoms with Gasteiger partial charge in [-0.25, -0.2) is 4.98 Å². The molecule has 0 saturated carbocycles. The van der Waals surface area contributed by atoms with Crippen LogP contribution in [0.3, 0.4) is 0 Å². The van der Waals surface area contributed by atoms with E-state index in [4.69, 9.17) is 0 Å². The monoisotopic (exact) mass is 341 g/mol. The summed E-state index contributed by atoms with van der Waals surface area (Å²) in [6.07, 6.45) is 1.82. The van der Waals surface area contributed by atoms with E-state index in [1.807, 2.05) is 42.6 Å². The van der Waals surface area contributed by atoms with Crippen molar-refractivity contribution in [3.63, 3.8) is 0 Å². The quantitative estimate of drug-likeness (QED) is 0.693. The van der Waals surface area contributed by atoms with E-state index in [2.05, 4.69) is 4.98 Å². The van der Waals surface area contributed by atoms with Crippen LogP contribution in [0.25, 0.3) is 10.2 Å². The maximum Gasteiger partial charge on any atom is 0.262 e. The van der Waals surface area contributed by atoms with E-state index in [0.29, 0.717) is 25.0 Å². The fourth-order valence-corrected chi connectivity index (χ4v) is 3.33. The molecule has 0 aliphatic rings. The Morgan fingerprint density at radius 3 is 2.79 bits per heavy atom. The van der Waals surface area contributed by atoms with Crippen molar-refractivity contribution in [2.75, 3.05) is 6.54 Å². The van der Waals surface area contributed by atoms with Crippen LogP contribution in [-0.2, 0) is 17.9 Å². The summed E-state index contributed by atoms with van der Waals surface area (Å²) in [5.41, 5.74) is 1.02. The highest BCUT2D eigenvalue weighted by atomic mass is 32.1. The Bertz CT molecular complexity index is 886.